The van der Waals surface area contributed by atoms with Gasteiger partial charge in [-0.25, -0.2) is 13.8 Å². The number of amides is 1. The van der Waals surface area contributed by atoms with E-state index in [4.69, 9.17) is 21.1 Å². The van der Waals surface area contributed by atoms with Crippen molar-refractivity contribution in [1.82, 2.24) is 5.43 Å². The highest BCUT2D eigenvalue weighted by Crippen LogP contribution is 2.30. The van der Waals surface area contributed by atoms with E-state index in [-0.39, 0.29) is 22.7 Å². The lowest BCUT2D eigenvalue weighted by Crippen LogP contribution is -2.33. The van der Waals surface area contributed by atoms with Crippen molar-refractivity contribution in [2.75, 3.05) is 17.5 Å². The van der Waals surface area contributed by atoms with Crippen LogP contribution in [-0.2, 0) is 16.6 Å². The Hall–Kier alpha value is -4.34. The number of hydrogen-bond donors (Lipinski definition) is 1. The standard InChI is InChI=1S/C32H32ClN3O5S/c1-4-40-30-19-14-25(20-31(30)41-5-2)21-34-35-32(37)28-8-6-7-9-29(28)36(22-24-12-15-26(33)16-13-24)42(38,39)27-17-10-23(3)11-18-27/h6-21H,4-5,22H2,1-3H3,(H,35,37)/b34-21-. The average Bonchev–Trinajstić information content (AvgIpc) is 2.98. The summed E-state index contributed by atoms with van der Waals surface area (Å²) in [7, 11) is -4.06. The van der Waals surface area contributed by atoms with Gasteiger partial charge in [0.1, 0.15) is 0 Å². The number of nitrogens with zero attached hydrogens (tertiary/aromatic N) is 2. The predicted molar refractivity (Wildman–Crippen MR) is 166 cm³/mol. The second-order valence-corrected chi connectivity index (χ2v) is 11.5. The molecule has 0 aliphatic carbocycles. The molecule has 0 saturated heterocycles. The second-order valence-electron chi connectivity index (χ2n) is 9.24. The Morgan fingerprint density at radius 2 is 1.57 bits per heavy atom. The molecule has 4 aromatic carbocycles. The van der Waals surface area contributed by atoms with Crippen molar-refractivity contribution in [3.05, 3.63) is 118 Å². The fraction of sp³-hybridized carbons (Fsp3) is 0.188. The summed E-state index contributed by atoms with van der Waals surface area (Å²) >= 11 is 6.06. The Balaban J connectivity index is 1.65. The highest BCUT2D eigenvalue weighted by atomic mass is 35.5. The van der Waals surface area contributed by atoms with Crippen LogP contribution < -0.4 is 19.2 Å². The van der Waals surface area contributed by atoms with Crippen molar-refractivity contribution in [2.45, 2.75) is 32.2 Å². The fourth-order valence-corrected chi connectivity index (χ4v) is 5.75. The molecule has 218 valence electrons. The first kappa shape index (κ1) is 30.6. The number of nitrogens with one attached hydrogen (secondary N) is 1. The number of benzene rings is 4. The average molecular weight is 606 g/mol. The number of halogens is 1. The Morgan fingerprint density at radius 1 is 0.905 bits per heavy atom. The maximum atomic E-state index is 14.0. The minimum atomic E-state index is -4.06. The molecule has 1 amide bonds. The molecule has 0 saturated carbocycles. The third kappa shape index (κ3) is 7.48. The Kier molecular flexibility index (Phi) is 10.2. The monoisotopic (exact) mass is 605 g/mol. The zero-order chi connectivity index (χ0) is 30.1. The van der Waals surface area contributed by atoms with Crippen molar-refractivity contribution < 1.29 is 22.7 Å². The summed E-state index contributed by atoms with van der Waals surface area (Å²) in [5.74, 6) is 0.613. The molecule has 0 aliphatic heterocycles. The number of para-hydroxylation sites is 1. The maximum absolute atomic E-state index is 14.0. The number of rotatable bonds is 12. The van der Waals surface area contributed by atoms with Crippen LogP contribution in [0, 0.1) is 6.92 Å². The van der Waals surface area contributed by atoms with E-state index >= 15 is 0 Å². The van der Waals surface area contributed by atoms with Crippen LogP contribution in [0.3, 0.4) is 0 Å². The van der Waals surface area contributed by atoms with E-state index in [1.54, 1.807) is 91.0 Å². The summed E-state index contributed by atoms with van der Waals surface area (Å²) < 4.78 is 40.4. The third-order valence-corrected chi connectivity index (χ3v) is 8.24. The second kappa shape index (κ2) is 14.0. The maximum Gasteiger partial charge on any atom is 0.273 e. The third-order valence-electron chi connectivity index (χ3n) is 6.21. The van der Waals surface area contributed by atoms with Gasteiger partial charge >= 0.3 is 0 Å². The van der Waals surface area contributed by atoms with Gasteiger partial charge in [0.15, 0.2) is 11.5 Å². The quantitative estimate of drug-likeness (QED) is 0.145. The SMILES string of the molecule is CCOc1ccc(/C=N\NC(=O)c2ccccc2N(Cc2ccc(Cl)cc2)S(=O)(=O)c2ccc(C)cc2)cc1OCC. The van der Waals surface area contributed by atoms with E-state index in [1.165, 1.54) is 10.5 Å². The van der Waals surface area contributed by atoms with Crippen LogP contribution >= 0.6 is 11.6 Å². The normalized spacial score (nSPS) is 11.3. The zero-order valence-electron chi connectivity index (χ0n) is 23.6. The van der Waals surface area contributed by atoms with Crippen molar-refractivity contribution in [1.29, 1.82) is 0 Å². The summed E-state index contributed by atoms with van der Waals surface area (Å²) in [6, 6.07) is 25.3. The molecule has 0 heterocycles. The number of anilines is 1. The van der Waals surface area contributed by atoms with Gasteiger partial charge in [-0.3, -0.25) is 9.10 Å². The van der Waals surface area contributed by atoms with Crippen LogP contribution in [0.4, 0.5) is 5.69 Å². The van der Waals surface area contributed by atoms with Gasteiger partial charge in [-0.1, -0.05) is 53.6 Å². The van der Waals surface area contributed by atoms with E-state index in [0.29, 0.717) is 40.9 Å². The lowest BCUT2D eigenvalue weighted by atomic mass is 10.1. The number of hydrazone groups is 1. The summed E-state index contributed by atoms with van der Waals surface area (Å²) in [5, 5.41) is 4.65. The lowest BCUT2D eigenvalue weighted by molar-refractivity contribution is 0.0955. The van der Waals surface area contributed by atoms with Crippen molar-refractivity contribution in [3.8, 4) is 11.5 Å². The van der Waals surface area contributed by atoms with Crippen molar-refractivity contribution in [3.63, 3.8) is 0 Å². The van der Waals surface area contributed by atoms with E-state index in [2.05, 4.69) is 10.5 Å². The molecule has 0 atom stereocenters. The van der Waals surface area contributed by atoms with Crippen molar-refractivity contribution >= 4 is 39.4 Å². The fourth-order valence-electron chi connectivity index (χ4n) is 4.15. The van der Waals surface area contributed by atoms with Crippen LogP contribution in [0.1, 0.15) is 40.9 Å². The first-order chi connectivity index (χ1) is 20.2. The van der Waals surface area contributed by atoms with E-state index in [0.717, 1.165) is 5.56 Å². The molecule has 0 aliphatic rings. The zero-order valence-corrected chi connectivity index (χ0v) is 25.2. The molecule has 10 heteroatoms. The van der Waals surface area contributed by atoms with Gasteiger partial charge in [0.2, 0.25) is 0 Å². The first-order valence-electron chi connectivity index (χ1n) is 13.4. The smallest absolute Gasteiger partial charge is 0.273 e. The molecule has 4 rings (SSSR count). The molecule has 4 aromatic rings. The van der Waals surface area contributed by atoms with Crippen LogP contribution in [0.15, 0.2) is 101 Å². The number of aryl methyl sites for hydroxylation is 1. The number of carbonyl (C=O) groups is 1. The molecule has 42 heavy (non-hydrogen) atoms. The van der Waals surface area contributed by atoms with Gasteiger partial charge in [-0.05, 0) is 86.5 Å². The summed E-state index contributed by atoms with van der Waals surface area (Å²) in [4.78, 5) is 13.5. The highest BCUT2D eigenvalue weighted by molar-refractivity contribution is 7.92. The summed E-state index contributed by atoms with van der Waals surface area (Å²) in [5.41, 5.74) is 5.18. The molecule has 8 nitrogen and oxygen atoms in total. The van der Waals surface area contributed by atoms with Gasteiger partial charge in [0, 0.05) is 5.02 Å². The summed E-state index contributed by atoms with van der Waals surface area (Å²) in [6.07, 6.45) is 1.48. The minimum absolute atomic E-state index is 0.0205. The van der Waals surface area contributed by atoms with Gasteiger partial charge in [0.25, 0.3) is 15.9 Å². The van der Waals surface area contributed by atoms with E-state index < -0.39 is 15.9 Å². The summed E-state index contributed by atoms with van der Waals surface area (Å²) in [6.45, 7) is 6.59. The van der Waals surface area contributed by atoms with Crippen molar-refractivity contribution in [2.24, 2.45) is 5.10 Å². The number of sulfonamides is 1. The number of carbonyl (C=O) groups excluding carboxylic acids is 1. The van der Waals surface area contributed by atoms with Crippen LogP contribution in [0.2, 0.25) is 5.02 Å². The first-order valence-corrected chi connectivity index (χ1v) is 15.2. The number of ether oxygens (including phenoxy) is 2. The molecular formula is C32H32ClN3O5S. The van der Waals surface area contributed by atoms with Gasteiger partial charge in [-0.2, -0.15) is 5.10 Å². The number of hydrogen-bond acceptors (Lipinski definition) is 6. The molecule has 0 unspecified atom stereocenters. The van der Waals surface area contributed by atoms with Crippen LogP contribution in [0.25, 0.3) is 0 Å². The van der Waals surface area contributed by atoms with Gasteiger partial charge < -0.3 is 9.47 Å². The Labute approximate surface area is 251 Å². The van der Waals surface area contributed by atoms with Gasteiger partial charge in [-0.15, -0.1) is 0 Å². The lowest BCUT2D eigenvalue weighted by Gasteiger charge is -2.26. The topological polar surface area (TPSA) is 97.3 Å². The van der Waals surface area contributed by atoms with Crippen LogP contribution in [-0.4, -0.2) is 33.8 Å². The van der Waals surface area contributed by atoms with E-state index in [1.807, 2.05) is 20.8 Å². The molecule has 0 spiro atoms. The molecule has 0 aromatic heterocycles. The Morgan fingerprint density at radius 3 is 2.26 bits per heavy atom. The van der Waals surface area contributed by atoms with Gasteiger partial charge in [0.05, 0.1) is 42.1 Å². The minimum Gasteiger partial charge on any atom is -0.490 e. The van der Waals surface area contributed by atoms with Crippen LogP contribution in [0.5, 0.6) is 11.5 Å². The molecule has 0 fully saturated rings. The molecular weight excluding hydrogens is 574 g/mol. The Bertz CT molecular complexity index is 1660. The molecule has 0 radical (unpaired) electrons. The van der Waals surface area contributed by atoms with E-state index in [9.17, 15) is 13.2 Å². The predicted octanol–water partition coefficient (Wildman–Crippen LogP) is 6.61. The highest BCUT2D eigenvalue weighted by Gasteiger charge is 2.28. The molecule has 1 N–H and O–H groups in total. The molecule has 0 bridgehead atoms. The largest absolute Gasteiger partial charge is 0.490 e.